The predicted octanol–water partition coefficient (Wildman–Crippen LogP) is 4.16. The molecule has 5 rings (SSSR count). The number of aliphatic hydroxyl groups excluding tert-OH is 1. The average molecular weight is 504 g/mol. The predicted molar refractivity (Wildman–Crippen MR) is 141 cm³/mol. The van der Waals surface area contributed by atoms with E-state index in [1.807, 2.05) is 11.6 Å². The van der Waals surface area contributed by atoms with Crippen molar-refractivity contribution in [2.45, 2.75) is 37.8 Å². The number of nitrogens with zero attached hydrogens (tertiary/aromatic N) is 4. The molecule has 2 heterocycles. The summed E-state index contributed by atoms with van der Waals surface area (Å²) in [5.74, 6) is 0.556. The first kappa shape index (κ1) is 24.9. The van der Waals surface area contributed by atoms with E-state index in [1.54, 1.807) is 30.3 Å². The monoisotopic (exact) mass is 503 g/mol. The lowest BCUT2D eigenvalue weighted by molar-refractivity contribution is 0.201. The smallest absolute Gasteiger partial charge is 0.263 e. The van der Waals surface area contributed by atoms with Crippen molar-refractivity contribution in [3.05, 3.63) is 70.1 Å². The Kier molecular flexibility index (Phi) is 7.22. The zero-order chi connectivity index (χ0) is 25.9. The Balaban J connectivity index is 1.68. The lowest BCUT2D eigenvalue weighted by Gasteiger charge is -2.34. The number of nitrogens with one attached hydrogen (secondary N) is 1. The van der Waals surface area contributed by atoms with E-state index < -0.39 is 5.82 Å². The Hall–Kier alpha value is -3.74. The SMILES string of the molecule is [C-]#[N+]c1ccc(-c2nc(N3CCC(NC)CC3)n(C3CC3)c(=O)c2-c2ccc(OCCO)cc2)cc1F. The van der Waals surface area contributed by atoms with Gasteiger partial charge in [-0.3, -0.25) is 9.36 Å². The van der Waals surface area contributed by atoms with Crippen LogP contribution in [0.15, 0.2) is 47.3 Å². The van der Waals surface area contributed by atoms with Gasteiger partial charge in [0.05, 0.1) is 24.4 Å². The molecule has 0 spiro atoms. The van der Waals surface area contributed by atoms with Crippen molar-refractivity contribution in [1.82, 2.24) is 14.9 Å². The van der Waals surface area contributed by atoms with Gasteiger partial charge in [0, 0.05) is 30.7 Å². The molecule has 0 amide bonds. The van der Waals surface area contributed by atoms with Gasteiger partial charge < -0.3 is 20.1 Å². The highest BCUT2D eigenvalue weighted by molar-refractivity contribution is 5.82. The number of aliphatic hydroxyl groups is 1. The lowest BCUT2D eigenvalue weighted by Crippen LogP contribution is -2.44. The molecule has 2 aliphatic rings. The summed E-state index contributed by atoms with van der Waals surface area (Å²) in [4.78, 5) is 24.6. The third kappa shape index (κ3) is 5.08. The summed E-state index contributed by atoms with van der Waals surface area (Å²) in [6.45, 7) is 8.81. The molecule has 37 heavy (non-hydrogen) atoms. The van der Waals surface area contributed by atoms with Gasteiger partial charge in [-0.05, 0) is 56.5 Å². The van der Waals surface area contributed by atoms with Crippen LogP contribution in [-0.2, 0) is 0 Å². The first-order chi connectivity index (χ1) is 18.0. The van der Waals surface area contributed by atoms with Crippen LogP contribution in [0, 0.1) is 12.4 Å². The molecule has 2 fully saturated rings. The molecule has 8 nitrogen and oxygen atoms in total. The van der Waals surface area contributed by atoms with Crippen molar-refractivity contribution in [2.75, 3.05) is 38.3 Å². The van der Waals surface area contributed by atoms with Gasteiger partial charge in [-0.2, -0.15) is 0 Å². The Morgan fingerprint density at radius 1 is 1.14 bits per heavy atom. The van der Waals surface area contributed by atoms with Gasteiger partial charge in [0.25, 0.3) is 5.56 Å². The highest BCUT2D eigenvalue weighted by Gasteiger charge is 2.33. The molecule has 192 valence electrons. The lowest BCUT2D eigenvalue weighted by atomic mass is 9.99. The molecule has 1 saturated heterocycles. The van der Waals surface area contributed by atoms with Gasteiger partial charge in [0.15, 0.2) is 0 Å². The molecule has 1 saturated carbocycles. The van der Waals surface area contributed by atoms with Gasteiger partial charge in [0.2, 0.25) is 11.6 Å². The molecule has 9 heteroatoms. The van der Waals surface area contributed by atoms with E-state index in [9.17, 15) is 9.18 Å². The van der Waals surface area contributed by atoms with Crippen LogP contribution in [0.5, 0.6) is 5.75 Å². The molecule has 2 N–H and O–H groups in total. The zero-order valence-electron chi connectivity index (χ0n) is 20.8. The Labute approximate surface area is 215 Å². The van der Waals surface area contributed by atoms with Crippen LogP contribution in [0.2, 0.25) is 0 Å². The maximum absolute atomic E-state index is 14.7. The van der Waals surface area contributed by atoms with Crippen LogP contribution in [0.4, 0.5) is 16.0 Å². The van der Waals surface area contributed by atoms with Crippen LogP contribution >= 0.6 is 0 Å². The van der Waals surface area contributed by atoms with E-state index in [2.05, 4.69) is 15.1 Å². The van der Waals surface area contributed by atoms with E-state index in [1.165, 1.54) is 12.1 Å². The van der Waals surface area contributed by atoms with Gasteiger partial charge in [-0.25, -0.2) is 14.2 Å². The number of rotatable bonds is 8. The molecule has 2 aromatic carbocycles. The van der Waals surface area contributed by atoms with Crippen LogP contribution in [0.1, 0.15) is 31.7 Å². The summed E-state index contributed by atoms with van der Waals surface area (Å²) in [7, 11) is 1.97. The van der Waals surface area contributed by atoms with Crippen LogP contribution < -0.4 is 20.5 Å². The van der Waals surface area contributed by atoms with Crippen LogP contribution in [-0.4, -0.2) is 54.1 Å². The number of halogens is 1. The highest BCUT2D eigenvalue weighted by atomic mass is 19.1. The molecular formula is C28H30FN5O3. The Bertz CT molecular complexity index is 1370. The minimum atomic E-state index is -0.643. The second kappa shape index (κ2) is 10.7. The first-order valence-electron chi connectivity index (χ1n) is 12.6. The number of aromatic nitrogens is 2. The Morgan fingerprint density at radius 3 is 2.43 bits per heavy atom. The summed E-state index contributed by atoms with van der Waals surface area (Å²) in [6.07, 6.45) is 3.72. The quantitative estimate of drug-likeness (QED) is 0.449. The summed E-state index contributed by atoms with van der Waals surface area (Å²) in [5, 5.41) is 12.4. The molecule has 0 atom stereocenters. The maximum Gasteiger partial charge on any atom is 0.263 e. The maximum atomic E-state index is 14.7. The third-order valence-corrected chi connectivity index (χ3v) is 7.04. The number of hydrogen-bond donors (Lipinski definition) is 2. The standard InChI is InChI=1S/C28H30FN5O3/c1-30-20-11-13-33(14-12-20)28-32-26(19-5-10-24(31-2)23(29)17-19)25(27(36)34(28)21-6-7-21)18-3-8-22(9-4-18)37-16-15-35/h3-5,8-10,17,20-21,30,35H,6-7,11-16H2,1H3. The number of benzene rings is 2. The van der Waals surface area contributed by atoms with Crippen molar-refractivity contribution in [3.63, 3.8) is 0 Å². The fourth-order valence-corrected chi connectivity index (χ4v) is 4.87. The second-order valence-electron chi connectivity index (χ2n) is 9.47. The molecule has 0 unspecified atom stereocenters. The number of ether oxygens (including phenoxy) is 1. The van der Waals surface area contributed by atoms with E-state index in [-0.39, 0.29) is 30.5 Å². The Morgan fingerprint density at radius 2 is 1.84 bits per heavy atom. The first-order valence-corrected chi connectivity index (χ1v) is 12.6. The number of anilines is 1. The topological polar surface area (TPSA) is 84.0 Å². The number of hydrogen-bond acceptors (Lipinski definition) is 6. The average Bonchev–Trinajstić information content (AvgIpc) is 3.77. The minimum Gasteiger partial charge on any atom is -0.491 e. The van der Waals surface area contributed by atoms with E-state index >= 15 is 0 Å². The van der Waals surface area contributed by atoms with E-state index in [0.717, 1.165) is 38.8 Å². The molecule has 1 aliphatic heterocycles. The van der Waals surface area contributed by atoms with Gasteiger partial charge in [-0.15, -0.1) is 0 Å². The molecular weight excluding hydrogens is 473 g/mol. The largest absolute Gasteiger partial charge is 0.491 e. The van der Waals surface area contributed by atoms with E-state index in [4.69, 9.17) is 21.4 Å². The molecule has 0 radical (unpaired) electrons. The fourth-order valence-electron chi connectivity index (χ4n) is 4.87. The summed E-state index contributed by atoms with van der Waals surface area (Å²) in [6, 6.07) is 12.0. The zero-order valence-corrected chi connectivity index (χ0v) is 20.8. The second-order valence-corrected chi connectivity index (χ2v) is 9.47. The van der Waals surface area contributed by atoms with Gasteiger partial charge in [0.1, 0.15) is 18.2 Å². The third-order valence-electron chi connectivity index (χ3n) is 7.04. The molecule has 3 aromatic rings. The van der Waals surface area contributed by atoms with Crippen molar-refractivity contribution in [1.29, 1.82) is 0 Å². The van der Waals surface area contributed by atoms with Crippen molar-refractivity contribution < 1.29 is 14.2 Å². The van der Waals surface area contributed by atoms with Crippen molar-refractivity contribution in [2.24, 2.45) is 0 Å². The van der Waals surface area contributed by atoms with Crippen LogP contribution in [0.3, 0.4) is 0 Å². The molecule has 1 aliphatic carbocycles. The van der Waals surface area contributed by atoms with Crippen LogP contribution in [0.25, 0.3) is 27.2 Å². The van der Waals surface area contributed by atoms with Gasteiger partial charge in [-0.1, -0.05) is 24.3 Å². The summed E-state index contributed by atoms with van der Waals surface area (Å²) < 4.78 is 22.0. The minimum absolute atomic E-state index is 0.0728. The highest BCUT2D eigenvalue weighted by Crippen LogP contribution is 2.40. The normalized spacial score (nSPS) is 16.0. The summed E-state index contributed by atoms with van der Waals surface area (Å²) >= 11 is 0. The van der Waals surface area contributed by atoms with Gasteiger partial charge >= 0.3 is 0 Å². The van der Waals surface area contributed by atoms with E-state index in [0.29, 0.717) is 40.1 Å². The van der Waals surface area contributed by atoms with Crippen molar-refractivity contribution in [3.8, 4) is 28.1 Å². The van der Waals surface area contributed by atoms with Crippen molar-refractivity contribution >= 4 is 11.6 Å². The number of piperidine rings is 1. The molecule has 1 aromatic heterocycles. The fraction of sp³-hybridized carbons (Fsp3) is 0.393. The molecule has 0 bridgehead atoms. The summed E-state index contributed by atoms with van der Waals surface area (Å²) in [5.41, 5.74) is 1.66.